The van der Waals surface area contributed by atoms with Crippen molar-refractivity contribution in [3.63, 3.8) is 0 Å². The molecule has 2 saturated heterocycles. The van der Waals surface area contributed by atoms with Gasteiger partial charge in [-0.2, -0.15) is 0 Å². The molecule has 1 atom stereocenters. The van der Waals surface area contributed by atoms with E-state index in [0.29, 0.717) is 5.92 Å². The number of nitrogens with zero attached hydrogens (tertiary/aromatic N) is 4. The summed E-state index contributed by atoms with van der Waals surface area (Å²) in [5.41, 5.74) is 0.0192. The summed E-state index contributed by atoms with van der Waals surface area (Å²) in [5, 5.41) is 13.8. The van der Waals surface area contributed by atoms with Gasteiger partial charge in [0.1, 0.15) is 16.4 Å². The van der Waals surface area contributed by atoms with Crippen molar-refractivity contribution >= 4 is 22.3 Å². The maximum Gasteiger partial charge on any atom is 0.208 e. The molecular formula is C16H21N5OS. The van der Waals surface area contributed by atoms with Gasteiger partial charge in [-0.3, -0.25) is 0 Å². The van der Waals surface area contributed by atoms with Crippen molar-refractivity contribution in [1.82, 2.24) is 15.2 Å². The molecule has 122 valence electrons. The van der Waals surface area contributed by atoms with Gasteiger partial charge in [-0.25, -0.2) is 4.98 Å². The minimum atomic E-state index is 0.0192. The molecule has 0 radical (unpaired) electrons. The van der Waals surface area contributed by atoms with Gasteiger partial charge in [0, 0.05) is 19.3 Å². The summed E-state index contributed by atoms with van der Waals surface area (Å²) < 4.78 is 6.12. The number of pyridine rings is 1. The van der Waals surface area contributed by atoms with E-state index in [9.17, 15) is 0 Å². The van der Waals surface area contributed by atoms with E-state index in [1.807, 2.05) is 31.3 Å². The van der Waals surface area contributed by atoms with Gasteiger partial charge in [0.05, 0.1) is 13.1 Å². The molecule has 2 aromatic rings. The SMILES string of the molecule is Cc1nnc(N2CC3(C2)OCCC3CCNc2ccccn2)s1. The van der Waals surface area contributed by atoms with Crippen molar-refractivity contribution in [1.29, 1.82) is 0 Å². The third-order valence-electron chi connectivity index (χ3n) is 4.77. The highest BCUT2D eigenvalue weighted by Gasteiger charge is 2.53. The molecule has 0 aliphatic carbocycles. The largest absolute Gasteiger partial charge is 0.371 e. The Kier molecular flexibility index (Phi) is 3.90. The average molecular weight is 331 g/mol. The van der Waals surface area contributed by atoms with Crippen molar-refractivity contribution < 1.29 is 4.74 Å². The van der Waals surface area contributed by atoms with E-state index < -0.39 is 0 Å². The molecule has 1 N–H and O–H groups in total. The Hall–Kier alpha value is -1.73. The van der Waals surface area contributed by atoms with E-state index in [-0.39, 0.29) is 5.60 Å². The molecule has 0 amide bonds. The van der Waals surface area contributed by atoms with Gasteiger partial charge in [-0.1, -0.05) is 17.4 Å². The lowest BCUT2D eigenvalue weighted by Gasteiger charge is -2.50. The number of hydrogen-bond donors (Lipinski definition) is 1. The number of anilines is 2. The first-order valence-corrected chi connectivity index (χ1v) is 8.91. The summed E-state index contributed by atoms with van der Waals surface area (Å²) in [6, 6.07) is 5.94. The second-order valence-corrected chi connectivity index (χ2v) is 7.45. The number of nitrogens with one attached hydrogen (secondary N) is 1. The Labute approximate surface area is 139 Å². The Balaban J connectivity index is 1.31. The molecule has 1 unspecified atom stereocenters. The van der Waals surface area contributed by atoms with Crippen molar-refractivity contribution in [3.05, 3.63) is 29.4 Å². The molecule has 0 aromatic carbocycles. The summed E-state index contributed by atoms with van der Waals surface area (Å²) in [7, 11) is 0. The standard InChI is InChI=1S/C16H21N5OS/c1-12-19-20-15(23-12)21-10-16(11-21)13(6-9-22-16)5-8-18-14-4-2-3-7-17-14/h2-4,7,13H,5-6,8-11H2,1H3,(H,17,18). The monoisotopic (exact) mass is 331 g/mol. The smallest absolute Gasteiger partial charge is 0.208 e. The van der Waals surface area contributed by atoms with Gasteiger partial charge in [0.15, 0.2) is 0 Å². The lowest BCUT2D eigenvalue weighted by molar-refractivity contribution is -0.0447. The molecular weight excluding hydrogens is 310 g/mol. The van der Waals surface area contributed by atoms with Gasteiger partial charge in [-0.15, -0.1) is 10.2 Å². The quantitative estimate of drug-likeness (QED) is 0.907. The Bertz CT molecular complexity index is 656. The molecule has 4 rings (SSSR count). The van der Waals surface area contributed by atoms with Crippen molar-refractivity contribution in [2.75, 3.05) is 36.5 Å². The number of rotatable bonds is 5. The summed E-state index contributed by atoms with van der Waals surface area (Å²) >= 11 is 1.66. The van der Waals surface area contributed by atoms with Crippen LogP contribution in [0, 0.1) is 12.8 Å². The van der Waals surface area contributed by atoms with Crippen LogP contribution >= 0.6 is 11.3 Å². The Morgan fingerprint density at radius 2 is 2.30 bits per heavy atom. The van der Waals surface area contributed by atoms with E-state index in [1.165, 1.54) is 0 Å². The number of aromatic nitrogens is 3. The van der Waals surface area contributed by atoms with E-state index in [0.717, 1.165) is 55.0 Å². The van der Waals surface area contributed by atoms with E-state index in [1.54, 1.807) is 11.3 Å². The molecule has 2 fully saturated rings. The highest BCUT2D eigenvalue weighted by Crippen LogP contribution is 2.43. The summed E-state index contributed by atoms with van der Waals surface area (Å²) in [6.45, 7) is 5.68. The highest BCUT2D eigenvalue weighted by molar-refractivity contribution is 7.15. The van der Waals surface area contributed by atoms with E-state index in [2.05, 4.69) is 25.4 Å². The van der Waals surface area contributed by atoms with Crippen LogP contribution in [-0.2, 0) is 4.74 Å². The molecule has 1 spiro atoms. The lowest BCUT2D eigenvalue weighted by Crippen LogP contribution is -2.65. The van der Waals surface area contributed by atoms with Gasteiger partial charge in [0.2, 0.25) is 5.13 Å². The zero-order valence-electron chi connectivity index (χ0n) is 13.2. The Morgan fingerprint density at radius 1 is 1.39 bits per heavy atom. The maximum atomic E-state index is 6.12. The fourth-order valence-corrected chi connectivity index (χ4v) is 4.22. The molecule has 6 nitrogen and oxygen atoms in total. The molecule has 0 bridgehead atoms. The summed E-state index contributed by atoms with van der Waals surface area (Å²) in [4.78, 5) is 6.59. The third kappa shape index (κ3) is 2.90. The summed E-state index contributed by atoms with van der Waals surface area (Å²) in [6.07, 6.45) is 4.07. The second-order valence-electron chi connectivity index (χ2n) is 6.29. The van der Waals surface area contributed by atoms with Crippen LogP contribution in [0.1, 0.15) is 17.8 Å². The van der Waals surface area contributed by atoms with Gasteiger partial charge in [-0.05, 0) is 37.8 Å². The second kappa shape index (κ2) is 6.05. The first kappa shape index (κ1) is 14.8. The third-order valence-corrected chi connectivity index (χ3v) is 5.67. The average Bonchev–Trinajstić information content (AvgIpc) is 3.13. The molecule has 0 saturated carbocycles. The minimum absolute atomic E-state index is 0.0192. The number of ether oxygens (including phenoxy) is 1. The van der Waals surface area contributed by atoms with Crippen molar-refractivity contribution in [2.45, 2.75) is 25.4 Å². The normalized spacial score (nSPS) is 22.3. The minimum Gasteiger partial charge on any atom is -0.371 e. The van der Waals surface area contributed by atoms with Crippen LogP contribution in [-0.4, -0.2) is 47.0 Å². The number of aryl methyl sites for hydroxylation is 1. The van der Waals surface area contributed by atoms with Crippen LogP contribution in [0.15, 0.2) is 24.4 Å². The zero-order chi connectivity index (χ0) is 15.7. The fraction of sp³-hybridized carbons (Fsp3) is 0.562. The summed E-state index contributed by atoms with van der Waals surface area (Å²) in [5.74, 6) is 1.55. The topological polar surface area (TPSA) is 63.2 Å². The van der Waals surface area contributed by atoms with Crippen LogP contribution in [0.3, 0.4) is 0 Å². The molecule has 4 heterocycles. The van der Waals surface area contributed by atoms with Crippen LogP contribution in [0.25, 0.3) is 0 Å². The van der Waals surface area contributed by atoms with Crippen LogP contribution in [0.2, 0.25) is 0 Å². The predicted octanol–water partition coefficient (Wildman–Crippen LogP) is 2.34. The molecule has 23 heavy (non-hydrogen) atoms. The molecule has 7 heteroatoms. The highest BCUT2D eigenvalue weighted by atomic mass is 32.1. The molecule has 2 aliphatic rings. The predicted molar refractivity (Wildman–Crippen MR) is 91.0 cm³/mol. The van der Waals surface area contributed by atoms with Gasteiger partial charge >= 0.3 is 0 Å². The Morgan fingerprint density at radius 3 is 3.04 bits per heavy atom. The first-order chi connectivity index (χ1) is 11.3. The molecule has 2 aromatic heterocycles. The van der Waals surface area contributed by atoms with E-state index >= 15 is 0 Å². The van der Waals surface area contributed by atoms with Crippen molar-refractivity contribution in [2.24, 2.45) is 5.92 Å². The van der Waals surface area contributed by atoms with Crippen LogP contribution < -0.4 is 10.2 Å². The van der Waals surface area contributed by atoms with Gasteiger partial charge < -0.3 is 15.0 Å². The van der Waals surface area contributed by atoms with E-state index in [4.69, 9.17) is 4.74 Å². The zero-order valence-corrected chi connectivity index (χ0v) is 14.1. The maximum absolute atomic E-state index is 6.12. The lowest BCUT2D eigenvalue weighted by atomic mass is 9.79. The molecule has 2 aliphatic heterocycles. The fourth-order valence-electron chi connectivity index (χ4n) is 3.53. The first-order valence-electron chi connectivity index (χ1n) is 8.09. The van der Waals surface area contributed by atoms with Crippen molar-refractivity contribution in [3.8, 4) is 0 Å². The van der Waals surface area contributed by atoms with Crippen LogP contribution in [0.5, 0.6) is 0 Å². The number of hydrogen-bond acceptors (Lipinski definition) is 7. The van der Waals surface area contributed by atoms with Crippen LogP contribution in [0.4, 0.5) is 10.9 Å². The van der Waals surface area contributed by atoms with Gasteiger partial charge in [0.25, 0.3) is 0 Å².